The van der Waals surface area contributed by atoms with Crippen LogP contribution in [0.25, 0.3) is 0 Å². The Kier molecular flexibility index (Phi) is 2.79. The highest BCUT2D eigenvalue weighted by Crippen LogP contribution is 2.19. The zero-order valence-corrected chi connectivity index (χ0v) is 9.82. The third kappa shape index (κ3) is 1.86. The minimum absolute atomic E-state index is 0.103. The highest BCUT2D eigenvalue weighted by molar-refractivity contribution is 6.34. The lowest BCUT2D eigenvalue weighted by molar-refractivity contribution is 0.103. The number of nitrogens with zero attached hydrogens (tertiary/aromatic N) is 2. The van der Waals surface area contributed by atoms with Gasteiger partial charge in [-0.15, -0.1) is 0 Å². The molecule has 1 aromatic heterocycles. The average Bonchev–Trinajstić information content (AvgIpc) is 2.58. The Hall–Kier alpha value is -1.61. The number of rotatable bonds is 2. The van der Waals surface area contributed by atoms with Gasteiger partial charge in [-0.1, -0.05) is 23.7 Å². The van der Waals surface area contributed by atoms with Gasteiger partial charge in [0.25, 0.3) is 0 Å². The molecule has 0 spiro atoms. The van der Waals surface area contributed by atoms with E-state index < -0.39 is 0 Å². The van der Waals surface area contributed by atoms with Gasteiger partial charge in [-0.05, 0) is 25.1 Å². The fourth-order valence-electron chi connectivity index (χ4n) is 1.61. The van der Waals surface area contributed by atoms with Gasteiger partial charge in [0.1, 0.15) is 5.69 Å². The zero-order valence-electron chi connectivity index (χ0n) is 9.07. The van der Waals surface area contributed by atoms with Gasteiger partial charge in [0.05, 0.1) is 10.7 Å². The van der Waals surface area contributed by atoms with Crippen molar-refractivity contribution in [1.29, 1.82) is 0 Å². The molecule has 0 atom stereocenters. The molecule has 2 rings (SSSR count). The van der Waals surface area contributed by atoms with Gasteiger partial charge in [-0.2, -0.15) is 5.10 Å². The predicted octanol–water partition coefficient (Wildman–Crippen LogP) is 2.61. The molecule has 0 N–H and O–H groups in total. The zero-order chi connectivity index (χ0) is 11.7. The van der Waals surface area contributed by atoms with Crippen LogP contribution in [-0.4, -0.2) is 15.6 Å². The Morgan fingerprint density at radius 1 is 1.38 bits per heavy atom. The highest BCUT2D eigenvalue weighted by Gasteiger charge is 2.16. The molecule has 0 amide bonds. The van der Waals surface area contributed by atoms with E-state index in [0.717, 1.165) is 5.69 Å². The first kappa shape index (κ1) is 10.9. The maximum Gasteiger partial charge on any atom is 0.212 e. The second kappa shape index (κ2) is 4.10. The summed E-state index contributed by atoms with van der Waals surface area (Å²) in [6.45, 7) is 1.85. The Morgan fingerprint density at radius 2 is 2.06 bits per heavy atom. The Balaban J connectivity index is 2.47. The van der Waals surface area contributed by atoms with Crippen LogP contribution in [0, 0.1) is 6.92 Å². The summed E-state index contributed by atoms with van der Waals surface area (Å²) in [5.41, 5.74) is 1.87. The first-order valence-electron chi connectivity index (χ1n) is 4.89. The van der Waals surface area contributed by atoms with Gasteiger partial charge in [0, 0.05) is 12.6 Å². The van der Waals surface area contributed by atoms with Crippen molar-refractivity contribution in [3.63, 3.8) is 0 Å². The van der Waals surface area contributed by atoms with Crippen molar-refractivity contribution in [2.24, 2.45) is 7.05 Å². The number of carbonyl (C=O) groups excluding carboxylic acids is 1. The lowest BCUT2D eigenvalue weighted by Crippen LogP contribution is -2.08. The number of benzene rings is 1. The van der Waals surface area contributed by atoms with Crippen LogP contribution in [0.5, 0.6) is 0 Å². The van der Waals surface area contributed by atoms with Crippen molar-refractivity contribution in [2.75, 3.05) is 0 Å². The smallest absolute Gasteiger partial charge is 0.212 e. The van der Waals surface area contributed by atoms with Crippen LogP contribution in [0.15, 0.2) is 30.3 Å². The molecule has 3 nitrogen and oxygen atoms in total. The molecule has 1 heterocycles. The van der Waals surface area contributed by atoms with Crippen molar-refractivity contribution in [3.8, 4) is 0 Å². The first-order chi connectivity index (χ1) is 7.59. The summed E-state index contributed by atoms with van der Waals surface area (Å²) in [5.74, 6) is -0.103. The van der Waals surface area contributed by atoms with E-state index in [1.165, 1.54) is 0 Å². The number of halogens is 1. The summed E-state index contributed by atoms with van der Waals surface area (Å²) >= 11 is 5.98. The number of carbonyl (C=O) groups is 1. The fraction of sp³-hybridized carbons (Fsp3) is 0.167. The van der Waals surface area contributed by atoms with Gasteiger partial charge in [-0.25, -0.2) is 0 Å². The summed E-state index contributed by atoms with van der Waals surface area (Å²) in [5, 5.41) is 4.60. The lowest BCUT2D eigenvalue weighted by atomic mass is 10.1. The number of hydrogen-bond donors (Lipinski definition) is 0. The molecule has 0 saturated carbocycles. The van der Waals surface area contributed by atoms with E-state index in [9.17, 15) is 4.79 Å². The molecule has 0 unspecified atom stereocenters. The van der Waals surface area contributed by atoms with Crippen molar-refractivity contribution < 1.29 is 4.79 Å². The molecule has 0 aliphatic carbocycles. The van der Waals surface area contributed by atoms with E-state index in [4.69, 9.17) is 11.6 Å². The number of aryl methyl sites for hydroxylation is 2. The molecule has 0 bridgehead atoms. The molecule has 0 saturated heterocycles. The third-order valence-electron chi connectivity index (χ3n) is 2.35. The van der Waals surface area contributed by atoms with E-state index in [1.54, 1.807) is 42.1 Å². The number of hydrogen-bond acceptors (Lipinski definition) is 2. The molecule has 0 fully saturated rings. The Bertz CT molecular complexity index is 546. The second-order valence-corrected chi connectivity index (χ2v) is 4.01. The standard InChI is InChI=1S/C12H11ClN2O/c1-8-7-11(15(2)14-8)12(16)9-5-3-4-6-10(9)13/h3-7H,1-2H3. The van der Waals surface area contributed by atoms with E-state index in [-0.39, 0.29) is 5.78 Å². The van der Waals surface area contributed by atoms with Gasteiger partial charge in [0.15, 0.2) is 0 Å². The Morgan fingerprint density at radius 3 is 2.62 bits per heavy atom. The van der Waals surface area contributed by atoms with Crippen LogP contribution >= 0.6 is 11.6 Å². The largest absolute Gasteiger partial charge is 0.287 e. The molecule has 0 radical (unpaired) electrons. The van der Waals surface area contributed by atoms with Crippen LogP contribution in [0.3, 0.4) is 0 Å². The summed E-state index contributed by atoms with van der Waals surface area (Å²) < 4.78 is 1.57. The monoisotopic (exact) mass is 234 g/mol. The summed E-state index contributed by atoms with van der Waals surface area (Å²) in [6.07, 6.45) is 0. The van der Waals surface area contributed by atoms with E-state index in [2.05, 4.69) is 5.10 Å². The molecule has 4 heteroatoms. The predicted molar refractivity (Wildman–Crippen MR) is 62.8 cm³/mol. The maximum atomic E-state index is 12.2. The normalized spacial score (nSPS) is 10.4. The van der Waals surface area contributed by atoms with Crippen LogP contribution in [0.4, 0.5) is 0 Å². The van der Waals surface area contributed by atoms with Crippen molar-refractivity contribution >= 4 is 17.4 Å². The van der Waals surface area contributed by atoms with E-state index >= 15 is 0 Å². The minimum atomic E-state index is -0.103. The summed E-state index contributed by atoms with van der Waals surface area (Å²) in [7, 11) is 1.75. The molecular formula is C12H11ClN2O. The first-order valence-corrected chi connectivity index (χ1v) is 5.27. The summed E-state index contributed by atoms with van der Waals surface area (Å²) in [4.78, 5) is 12.2. The van der Waals surface area contributed by atoms with Gasteiger partial charge < -0.3 is 0 Å². The van der Waals surface area contributed by atoms with Crippen molar-refractivity contribution in [3.05, 3.63) is 52.3 Å². The van der Waals surface area contributed by atoms with Crippen molar-refractivity contribution in [1.82, 2.24) is 9.78 Å². The number of ketones is 1. The quantitative estimate of drug-likeness (QED) is 0.749. The Labute approximate surface area is 98.7 Å². The van der Waals surface area contributed by atoms with Gasteiger partial charge in [-0.3, -0.25) is 9.48 Å². The topological polar surface area (TPSA) is 34.9 Å². The SMILES string of the molecule is Cc1cc(C(=O)c2ccccc2Cl)n(C)n1. The maximum absolute atomic E-state index is 12.2. The van der Waals surface area contributed by atoms with E-state index in [0.29, 0.717) is 16.3 Å². The number of aromatic nitrogens is 2. The van der Waals surface area contributed by atoms with Crippen LogP contribution < -0.4 is 0 Å². The molecule has 16 heavy (non-hydrogen) atoms. The molecule has 2 aromatic rings. The highest BCUT2D eigenvalue weighted by atomic mass is 35.5. The van der Waals surface area contributed by atoms with Crippen molar-refractivity contribution in [2.45, 2.75) is 6.92 Å². The van der Waals surface area contributed by atoms with Crippen LogP contribution in [0.1, 0.15) is 21.7 Å². The van der Waals surface area contributed by atoms with Crippen LogP contribution in [0.2, 0.25) is 5.02 Å². The fourth-order valence-corrected chi connectivity index (χ4v) is 1.83. The van der Waals surface area contributed by atoms with E-state index in [1.807, 2.05) is 6.92 Å². The van der Waals surface area contributed by atoms with Gasteiger partial charge in [0.2, 0.25) is 5.78 Å². The molecule has 0 aliphatic rings. The van der Waals surface area contributed by atoms with Gasteiger partial charge >= 0.3 is 0 Å². The average molecular weight is 235 g/mol. The lowest BCUT2D eigenvalue weighted by Gasteiger charge is -2.02. The molecule has 0 aliphatic heterocycles. The van der Waals surface area contributed by atoms with Crippen LogP contribution in [-0.2, 0) is 7.05 Å². The third-order valence-corrected chi connectivity index (χ3v) is 2.68. The molecular weight excluding hydrogens is 224 g/mol. The minimum Gasteiger partial charge on any atom is -0.287 e. The summed E-state index contributed by atoms with van der Waals surface area (Å²) in [6, 6.07) is 8.77. The second-order valence-electron chi connectivity index (χ2n) is 3.60. The molecule has 82 valence electrons. The molecule has 1 aromatic carbocycles.